The molecule has 0 spiro atoms. The van der Waals surface area contributed by atoms with E-state index in [1.165, 1.54) is 12.0 Å². The lowest BCUT2D eigenvalue weighted by Gasteiger charge is -2.44. The van der Waals surface area contributed by atoms with Gasteiger partial charge in [0.15, 0.2) is 0 Å². The van der Waals surface area contributed by atoms with Gasteiger partial charge in [0.05, 0.1) is 24.3 Å². The van der Waals surface area contributed by atoms with E-state index in [1.807, 2.05) is 27.0 Å². The summed E-state index contributed by atoms with van der Waals surface area (Å²) in [5, 5.41) is 3.87. The van der Waals surface area contributed by atoms with Gasteiger partial charge in [-0.25, -0.2) is 0 Å². The minimum Gasteiger partial charge on any atom is -0.496 e. The van der Waals surface area contributed by atoms with E-state index < -0.39 is 5.41 Å². The van der Waals surface area contributed by atoms with Crippen LogP contribution in [0.4, 0.5) is 5.69 Å². The molecule has 2 aromatic rings. The van der Waals surface area contributed by atoms with Gasteiger partial charge in [-0.3, -0.25) is 9.69 Å². The highest BCUT2D eigenvalue weighted by atomic mass is 16.5. The number of benzene rings is 2. The minimum absolute atomic E-state index is 0.128. The second-order valence-corrected chi connectivity index (χ2v) is 9.99. The number of nitrogens with one attached hydrogen (secondary N) is 1. The molecule has 2 aliphatic rings. The van der Waals surface area contributed by atoms with Crippen molar-refractivity contribution in [3.05, 3.63) is 59.2 Å². The van der Waals surface area contributed by atoms with Crippen molar-refractivity contribution in [1.82, 2.24) is 10.2 Å². The Balaban J connectivity index is 1.62. The molecule has 32 heavy (non-hydrogen) atoms. The van der Waals surface area contributed by atoms with Crippen LogP contribution in [0.2, 0.25) is 0 Å². The average molecular weight is 436 g/mol. The summed E-state index contributed by atoms with van der Waals surface area (Å²) in [6.45, 7) is 10.4. The number of fused-ring (bicyclic) bond motifs is 1. The molecule has 0 bridgehead atoms. The summed E-state index contributed by atoms with van der Waals surface area (Å²) >= 11 is 0. The maximum absolute atomic E-state index is 12.8. The molecule has 0 aromatic heterocycles. The maximum Gasteiger partial charge on any atom is 0.236 e. The van der Waals surface area contributed by atoms with Crippen LogP contribution in [0.15, 0.2) is 42.5 Å². The number of ether oxygens (including phenoxy) is 1. The van der Waals surface area contributed by atoms with E-state index in [4.69, 9.17) is 4.74 Å². The molecule has 0 saturated carbocycles. The van der Waals surface area contributed by atoms with Crippen LogP contribution in [-0.4, -0.2) is 43.6 Å². The first-order valence-electron chi connectivity index (χ1n) is 11.8. The van der Waals surface area contributed by atoms with E-state index in [9.17, 15) is 4.79 Å². The number of hydrogen-bond acceptors (Lipinski definition) is 4. The molecule has 2 heterocycles. The third-order valence-electron chi connectivity index (χ3n) is 7.30. The van der Waals surface area contributed by atoms with Crippen molar-refractivity contribution in [3.63, 3.8) is 0 Å². The first-order valence-corrected chi connectivity index (χ1v) is 11.8. The largest absolute Gasteiger partial charge is 0.496 e. The third-order valence-corrected chi connectivity index (χ3v) is 7.30. The van der Waals surface area contributed by atoms with Crippen molar-refractivity contribution in [2.45, 2.75) is 70.6 Å². The van der Waals surface area contributed by atoms with Crippen molar-refractivity contribution in [2.75, 3.05) is 25.6 Å². The normalized spacial score (nSPS) is 23.0. The van der Waals surface area contributed by atoms with E-state index in [-0.39, 0.29) is 5.91 Å². The van der Waals surface area contributed by atoms with Crippen LogP contribution in [-0.2, 0) is 16.8 Å². The van der Waals surface area contributed by atoms with Gasteiger partial charge in [0.25, 0.3) is 0 Å². The van der Waals surface area contributed by atoms with Gasteiger partial charge in [-0.15, -0.1) is 0 Å². The predicted molar refractivity (Wildman–Crippen MR) is 130 cm³/mol. The molecule has 1 saturated heterocycles. The van der Waals surface area contributed by atoms with Crippen LogP contribution in [0.1, 0.15) is 63.3 Å². The highest BCUT2D eigenvalue weighted by molar-refractivity contribution is 6.07. The van der Waals surface area contributed by atoms with Gasteiger partial charge in [-0.1, -0.05) is 30.3 Å². The summed E-state index contributed by atoms with van der Waals surface area (Å²) < 4.78 is 5.74. The van der Waals surface area contributed by atoms with Crippen molar-refractivity contribution >= 4 is 11.6 Å². The van der Waals surface area contributed by atoms with Crippen LogP contribution in [0.25, 0.3) is 0 Å². The maximum atomic E-state index is 12.8. The molecule has 1 amide bonds. The smallest absolute Gasteiger partial charge is 0.236 e. The molecule has 0 aliphatic carbocycles. The minimum atomic E-state index is -0.517. The standard InChI is InChI=1S/C27H37N3O2/c1-18(2)30-14-10-13-22(25(30)19-11-8-7-9-12-19)28-17-20-15-21-23(16-24(20)32-6)29(5)26(31)27(21,3)4/h7-9,11-12,15-16,18,22,25,28H,10,13-14,17H2,1-6H3. The quantitative estimate of drug-likeness (QED) is 0.717. The monoisotopic (exact) mass is 435 g/mol. The summed E-state index contributed by atoms with van der Waals surface area (Å²) in [4.78, 5) is 17.1. The van der Waals surface area contributed by atoms with E-state index in [0.29, 0.717) is 24.7 Å². The predicted octanol–water partition coefficient (Wildman–Crippen LogP) is 4.65. The average Bonchev–Trinajstić information content (AvgIpc) is 2.96. The fraction of sp³-hybridized carbons (Fsp3) is 0.519. The van der Waals surface area contributed by atoms with Crippen molar-refractivity contribution in [3.8, 4) is 5.75 Å². The van der Waals surface area contributed by atoms with Gasteiger partial charge in [0.2, 0.25) is 5.91 Å². The number of amides is 1. The summed E-state index contributed by atoms with van der Waals surface area (Å²) in [5.74, 6) is 0.963. The number of methoxy groups -OCH3 is 1. The summed E-state index contributed by atoms with van der Waals surface area (Å²) in [5.41, 5.74) is 3.99. The molecule has 2 unspecified atom stereocenters. The molecule has 1 fully saturated rings. The lowest BCUT2D eigenvalue weighted by Crippen LogP contribution is -2.50. The summed E-state index contributed by atoms with van der Waals surface area (Å²) in [6.07, 6.45) is 2.33. The molecule has 4 rings (SSSR count). The number of piperidine rings is 1. The Bertz CT molecular complexity index is 970. The van der Waals surface area contributed by atoms with Gasteiger partial charge in [-0.2, -0.15) is 0 Å². The number of hydrogen-bond donors (Lipinski definition) is 1. The van der Waals surface area contributed by atoms with Crippen LogP contribution in [0.5, 0.6) is 5.75 Å². The second kappa shape index (κ2) is 8.87. The molecule has 1 N–H and O–H groups in total. The van der Waals surface area contributed by atoms with Crippen molar-refractivity contribution < 1.29 is 9.53 Å². The zero-order valence-corrected chi connectivity index (χ0v) is 20.3. The zero-order valence-electron chi connectivity index (χ0n) is 20.3. The molecule has 172 valence electrons. The number of anilines is 1. The Morgan fingerprint density at radius 2 is 1.91 bits per heavy atom. The van der Waals surface area contributed by atoms with Gasteiger partial charge in [0, 0.05) is 37.3 Å². The highest BCUT2D eigenvalue weighted by Gasteiger charge is 2.43. The van der Waals surface area contributed by atoms with Crippen LogP contribution < -0.4 is 15.0 Å². The molecule has 2 aliphatic heterocycles. The molecule has 2 aromatic carbocycles. The van der Waals surface area contributed by atoms with Crippen LogP contribution in [0.3, 0.4) is 0 Å². The third kappa shape index (κ3) is 3.93. The molecule has 2 atom stereocenters. The lowest BCUT2D eigenvalue weighted by atomic mass is 9.85. The molecule has 5 nitrogen and oxygen atoms in total. The Labute approximate surface area is 192 Å². The van der Waals surface area contributed by atoms with E-state index in [0.717, 1.165) is 35.5 Å². The van der Waals surface area contributed by atoms with Crippen molar-refractivity contribution in [2.24, 2.45) is 0 Å². The lowest BCUT2D eigenvalue weighted by molar-refractivity contribution is -0.121. The van der Waals surface area contributed by atoms with Gasteiger partial charge < -0.3 is 15.0 Å². The Morgan fingerprint density at radius 1 is 1.19 bits per heavy atom. The van der Waals surface area contributed by atoms with Gasteiger partial charge in [-0.05, 0) is 64.3 Å². The van der Waals surface area contributed by atoms with E-state index in [1.54, 1.807) is 12.0 Å². The number of nitrogens with zero attached hydrogens (tertiary/aromatic N) is 2. The van der Waals surface area contributed by atoms with E-state index >= 15 is 0 Å². The second-order valence-electron chi connectivity index (χ2n) is 9.99. The fourth-order valence-corrected chi connectivity index (χ4v) is 5.49. The number of rotatable bonds is 6. The van der Waals surface area contributed by atoms with Crippen LogP contribution in [0, 0.1) is 0 Å². The number of likely N-dealkylation sites (N-methyl/N-ethyl adjacent to an activating group) is 1. The Kier molecular flexibility index (Phi) is 6.33. The number of carbonyl (C=O) groups is 1. The Hall–Kier alpha value is -2.37. The number of carbonyl (C=O) groups excluding carboxylic acids is 1. The first kappa shape index (κ1) is 22.8. The summed E-state index contributed by atoms with van der Waals surface area (Å²) in [6, 6.07) is 16.2. The molecular weight excluding hydrogens is 398 g/mol. The zero-order chi connectivity index (χ0) is 23.0. The number of likely N-dealkylation sites (tertiary alicyclic amines) is 1. The van der Waals surface area contributed by atoms with Crippen molar-refractivity contribution in [1.29, 1.82) is 0 Å². The molecule has 5 heteroatoms. The van der Waals surface area contributed by atoms with E-state index in [2.05, 4.69) is 60.5 Å². The summed E-state index contributed by atoms with van der Waals surface area (Å²) in [7, 11) is 3.56. The Morgan fingerprint density at radius 3 is 2.56 bits per heavy atom. The SMILES string of the molecule is COc1cc2c(cc1CNC1CCCN(C(C)C)C1c1ccccc1)C(C)(C)C(=O)N2C. The fourth-order valence-electron chi connectivity index (χ4n) is 5.49. The highest BCUT2D eigenvalue weighted by Crippen LogP contribution is 2.44. The molecular formula is C27H37N3O2. The topological polar surface area (TPSA) is 44.8 Å². The molecule has 0 radical (unpaired) electrons. The van der Waals surface area contributed by atoms with Gasteiger partial charge >= 0.3 is 0 Å². The van der Waals surface area contributed by atoms with Crippen LogP contribution >= 0.6 is 0 Å². The first-order chi connectivity index (χ1) is 15.3. The van der Waals surface area contributed by atoms with Gasteiger partial charge in [0.1, 0.15) is 5.75 Å².